The lowest BCUT2D eigenvalue weighted by atomic mass is 10.0. The molecule has 0 spiro atoms. The third kappa shape index (κ3) is 2.95. The standard InChI is InChI=1S/C19H14Cl2N2S/c20-14-9-7-13(8-10-14)16-12-18(19-6-3-11-24-19)23(22-16)17-5-2-1-4-15(17)21/h1-11,18H,12H2/t18-/m1/s1. The van der Waals surface area contributed by atoms with Crippen molar-refractivity contribution >= 4 is 45.9 Å². The van der Waals surface area contributed by atoms with E-state index in [1.807, 2.05) is 53.5 Å². The van der Waals surface area contributed by atoms with Crippen LogP contribution in [0.25, 0.3) is 0 Å². The van der Waals surface area contributed by atoms with Gasteiger partial charge < -0.3 is 0 Å². The molecule has 3 aromatic rings. The van der Waals surface area contributed by atoms with Crippen molar-refractivity contribution in [2.45, 2.75) is 12.5 Å². The number of para-hydroxylation sites is 1. The summed E-state index contributed by atoms with van der Waals surface area (Å²) in [6.45, 7) is 0. The molecule has 1 atom stereocenters. The molecule has 0 saturated heterocycles. The Morgan fingerprint density at radius 3 is 2.46 bits per heavy atom. The van der Waals surface area contributed by atoms with E-state index in [9.17, 15) is 0 Å². The summed E-state index contributed by atoms with van der Waals surface area (Å²) >= 11 is 14.2. The van der Waals surface area contributed by atoms with Crippen LogP contribution < -0.4 is 5.01 Å². The van der Waals surface area contributed by atoms with E-state index in [-0.39, 0.29) is 6.04 Å². The van der Waals surface area contributed by atoms with E-state index in [0.29, 0.717) is 5.02 Å². The van der Waals surface area contributed by atoms with Gasteiger partial charge in [0.1, 0.15) is 0 Å². The number of anilines is 1. The van der Waals surface area contributed by atoms with Gasteiger partial charge in [-0.2, -0.15) is 5.10 Å². The molecule has 0 unspecified atom stereocenters. The molecule has 1 aliphatic rings. The number of halogens is 2. The molecule has 2 heterocycles. The number of hydrazone groups is 1. The fraction of sp³-hybridized carbons (Fsp3) is 0.105. The van der Waals surface area contributed by atoms with Crippen LogP contribution in [0.2, 0.25) is 10.0 Å². The molecular weight excluding hydrogens is 359 g/mol. The van der Waals surface area contributed by atoms with Crippen LogP contribution in [0.15, 0.2) is 71.1 Å². The molecule has 0 bridgehead atoms. The second-order valence-electron chi connectivity index (χ2n) is 5.58. The van der Waals surface area contributed by atoms with Crippen LogP contribution in [0.1, 0.15) is 22.9 Å². The largest absolute Gasteiger partial charge is 0.255 e. The van der Waals surface area contributed by atoms with E-state index >= 15 is 0 Å². The zero-order valence-corrected chi connectivity index (χ0v) is 15.0. The second-order valence-corrected chi connectivity index (χ2v) is 7.41. The average Bonchev–Trinajstić information content (AvgIpc) is 3.25. The summed E-state index contributed by atoms with van der Waals surface area (Å²) in [7, 11) is 0. The molecule has 2 aromatic carbocycles. The number of thiophene rings is 1. The fourth-order valence-electron chi connectivity index (χ4n) is 2.89. The van der Waals surface area contributed by atoms with E-state index in [1.165, 1.54) is 4.88 Å². The van der Waals surface area contributed by atoms with Crippen LogP contribution in [0, 0.1) is 0 Å². The Bertz CT molecular complexity index is 873. The zero-order valence-electron chi connectivity index (χ0n) is 12.7. The predicted molar refractivity (Wildman–Crippen MR) is 104 cm³/mol. The quantitative estimate of drug-likeness (QED) is 0.518. The smallest absolute Gasteiger partial charge is 0.0924 e. The molecule has 0 N–H and O–H groups in total. The predicted octanol–water partition coefficient (Wildman–Crippen LogP) is 6.41. The first-order valence-corrected chi connectivity index (χ1v) is 9.26. The number of nitrogens with zero attached hydrogens (tertiary/aromatic N) is 2. The third-order valence-corrected chi connectivity index (χ3v) is 5.60. The highest BCUT2D eigenvalue weighted by molar-refractivity contribution is 7.10. The monoisotopic (exact) mass is 372 g/mol. The highest BCUT2D eigenvalue weighted by Crippen LogP contribution is 2.40. The molecule has 120 valence electrons. The van der Waals surface area contributed by atoms with Crippen molar-refractivity contribution in [1.82, 2.24) is 0 Å². The minimum atomic E-state index is 0.163. The minimum Gasteiger partial charge on any atom is -0.255 e. The van der Waals surface area contributed by atoms with E-state index < -0.39 is 0 Å². The molecule has 1 aromatic heterocycles. The van der Waals surface area contributed by atoms with E-state index in [4.69, 9.17) is 28.3 Å². The molecule has 0 amide bonds. The van der Waals surface area contributed by atoms with Gasteiger partial charge in [0.05, 0.1) is 22.5 Å². The minimum absolute atomic E-state index is 0.163. The van der Waals surface area contributed by atoms with Crippen LogP contribution in [0.3, 0.4) is 0 Å². The molecule has 0 fully saturated rings. The molecule has 0 saturated carbocycles. The summed E-state index contributed by atoms with van der Waals surface area (Å²) in [4.78, 5) is 1.28. The zero-order chi connectivity index (χ0) is 16.5. The summed E-state index contributed by atoms with van der Waals surface area (Å²) in [5.41, 5.74) is 3.07. The highest BCUT2D eigenvalue weighted by atomic mass is 35.5. The number of hydrogen-bond donors (Lipinski definition) is 0. The Hall–Kier alpha value is -1.81. The van der Waals surface area contributed by atoms with E-state index in [0.717, 1.165) is 28.4 Å². The molecule has 0 radical (unpaired) electrons. The van der Waals surface area contributed by atoms with Gasteiger partial charge in [-0.3, -0.25) is 5.01 Å². The number of benzene rings is 2. The highest BCUT2D eigenvalue weighted by Gasteiger charge is 2.31. The first-order chi connectivity index (χ1) is 11.7. The van der Waals surface area contributed by atoms with Crippen LogP contribution in [-0.2, 0) is 0 Å². The number of rotatable bonds is 3. The lowest BCUT2D eigenvalue weighted by molar-refractivity contribution is 0.722. The van der Waals surface area contributed by atoms with Crippen molar-refractivity contribution in [2.75, 3.05) is 5.01 Å². The normalized spacial score (nSPS) is 17.2. The van der Waals surface area contributed by atoms with E-state index in [2.05, 4.69) is 17.5 Å². The lowest BCUT2D eigenvalue weighted by Gasteiger charge is -2.23. The Morgan fingerprint density at radius 1 is 0.958 bits per heavy atom. The van der Waals surface area contributed by atoms with Gasteiger partial charge in [0.25, 0.3) is 0 Å². The third-order valence-electron chi connectivity index (χ3n) is 4.06. The van der Waals surface area contributed by atoms with Gasteiger partial charge in [0.15, 0.2) is 0 Å². The fourth-order valence-corrected chi connectivity index (χ4v) is 4.05. The van der Waals surface area contributed by atoms with Crippen molar-refractivity contribution in [2.24, 2.45) is 5.10 Å². The van der Waals surface area contributed by atoms with Crippen LogP contribution in [0.4, 0.5) is 5.69 Å². The van der Waals surface area contributed by atoms with Crippen molar-refractivity contribution in [3.05, 3.63) is 86.5 Å². The van der Waals surface area contributed by atoms with Crippen LogP contribution in [-0.4, -0.2) is 5.71 Å². The maximum Gasteiger partial charge on any atom is 0.0924 e. The van der Waals surface area contributed by atoms with Gasteiger partial charge >= 0.3 is 0 Å². The maximum atomic E-state index is 6.42. The molecule has 2 nitrogen and oxygen atoms in total. The van der Waals surface area contributed by atoms with Crippen molar-refractivity contribution < 1.29 is 0 Å². The summed E-state index contributed by atoms with van der Waals surface area (Å²) in [6, 6.07) is 20.1. The van der Waals surface area contributed by atoms with Gasteiger partial charge in [0, 0.05) is 16.3 Å². The summed E-state index contributed by atoms with van der Waals surface area (Å²) in [5.74, 6) is 0. The van der Waals surface area contributed by atoms with Gasteiger partial charge in [-0.1, -0.05) is 53.5 Å². The van der Waals surface area contributed by atoms with Crippen LogP contribution >= 0.6 is 34.5 Å². The summed E-state index contributed by atoms with van der Waals surface area (Å²) in [6.07, 6.45) is 0.841. The van der Waals surface area contributed by atoms with E-state index in [1.54, 1.807) is 11.3 Å². The molecule has 0 aliphatic carbocycles. The van der Waals surface area contributed by atoms with Crippen molar-refractivity contribution in [3.8, 4) is 0 Å². The molecule has 1 aliphatic heterocycles. The number of hydrogen-bond acceptors (Lipinski definition) is 3. The molecule has 5 heteroatoms. The Labute approximate surface area is 155 Å². The van der Waals surface area contributed by atoms with Crippen molar-refractivity contribution in [3.63, 3.8) is 0 Å². The SMILES string of the molecule is Clc1ccc(C2=NN(c3ccccc3Cl)[C@@H](c3cccs3)C2)cc1. The Balaban J connectivity index is 1.77. The van der Waals surface area contributed by atoms with Gasteiger partial charge in [0.2, 0.25) is 0 Å². The molecular formula is C19H14Cl2N2S. The van der Waals surface area contributed by atoms with Gasteiger partial charge in [-0.15, -0.1) is 11.3 Å². The molecule has 4 rings (SSSR count). The Kier molecular flexibility index (Phi) is 4.31. The van der Waals surface area contributed by atoms with Crippen LogP contribution in [0.5, 0.6) is 0 Å². The first kappa shape index (κ1) is 15.7. The lowest BCUT2D eigenvalue weighted by Crippen LogP contribution is -2.17. The Morgan fingerprint density at radius 2 is 1.75 bits per heavy atom. The van der Waals surface area contributed by atoms with Crippen molar-refractivity contribution in [1.29, 1.82) is 0 Å². The summed E-state index contributed by atoms with van der Waals surface area (Å²) in [5, 5.41) is 10.5. The summed E-state index contributed by atoms with van der Waals surface area (Å²) < 4.78 is 0. The average molecular weight is 373 g/mol. The maximum absolute atomic E-state index is 6.42. The second kappa shape index (κ2) is 6.60. The van der Waals surface area contributed by atoms with Gasteiger partial charge in [-0.05, 0) is 41.3 Å². The van der Waals surface area contributed by atoms with Gasteiger partial charge in [-0.25, -0.2) is 0 Å². The first-order valence-electron chi connectivity index (χ1n) is 7.63. The topological polar surface area (TPSA) is 15.6 Å². The molecule has 24 heavy (non-hydrogen) atoms.